The first-order chi connectivity index (χ1) is 13.0. The molecule has 0 saturated carbocycles. The summed E-state index contributed by atoms with van der Waals surface area (Å²) < 4.78 is 10.7. The van der Waals surface area contributed by atoms with E-state index >= 15 is 0 Å². The lowest BCUT2D eigenvalue weighted by Crippen LogP contribution is -2.32. The predicted molar refractivity (Wildman–Crippen MR) is 100 cm³/mol. The lowest BCUT2D eigenvalue weighted by atomic mass is 9.76. The van der Waals surface area contributed by atoms with E-state index in [0.29, 0.717) is 34.9 Å². The number of aromatic amines is 1. The van der Waals surface area contributed by atoms with Gasteiger partial charge < -0.3 is 20.5 Å². The number of rotatable bonds is 3. The number of nitrogens with one attached hydrogen (secondary N) is 2. The number of aromatic nitrogens is 2. The molecular weight excluding hydrogens is 348 g/mol. The molecule has 1 atom stereocenters. The van der Waals surface area contributed by atoms with Crippen molar-refractivity contribution in [2.75, 3.05) is 25.3 Å². The summed E-state index contributed by atoms with van der Waals surface area (Å²) in [5.74, 6) is 1.02. The van der Waals surface area contributed by atoms with Gasteiger partial charge in [0.2, 0.25) is 5.95 Å². The number of Topliss-reactive ketones (excluding diaryl/α,β-unsaturated/α-hetero) is 1. The smallest absolute Gasteiger partial charge is 0.258 e. The number of methoxy groups -OCH3 is 2. The van der Waals surface area contributed by atoms with Crippen molar-refractivity contribution < 1.29 is 14.3 Å². The van der Waals surface area contributed by atoms with Crippen LogP contribution in [0.4, 0.5) is 11.8 Å². The van der Waals surface area contributed by atoms with Crippen molar-refractivity contribution in [1.29, 1.82) is 0 Å². The maximum atomic E-state index is 12.8. The fourth-order valence-corrected chi connectivity index (χ4v) is 3.84. The van der Waals surface area contributed by atoms with Gasteiger partial charge in [-0.2, -0.15) is 4.98 Å². The lowest BCUT2D eigenvalue weighted by molar-refractivity contribution is -0.116. The summed E-state index contributed by atoms with van der Waals surface area (Å²) >= 11 is 0. The molecule has 1 unspecified atom stereocenters. The maximum absolute atomic E-state index is 12.8. The summed E-state index contributed by atoms with van der Waals surface area (Å²) in [7, 11) is 3.10. The van der Waals surface area contributed by atoms with Gasteiger partial charge in [-0.3, -0.25) is 14.6 Å². The van der Waals surface area contributed by atoms with E-state index in [4.69, 9.17) is 15.2 Å². The van der Waals surface area contributed by atoms with E-state index in [1.807, 2.05) is 6.07 Å². The molecule has 8 nitrogen and oxygen atoms in total. The summed E-state index contributed by atoms with van der Waals surface area (Å²) in [5, 5.41) is 3.15. The van der Waals surface area contributed by atoms with Crippen LogP contribution >= 0.6 is 0 Å². The molecule has 4 rings (SSSR count). The van der Waals surface area contributed by atoms with Gasteiger partial charge in [-0.05, 0) is 30.5 Å². The molecule has 0 amide bonds. The third-order valence-electron chi connectivity index (χ3n) is 5.02. The zero-order valence-electron chi connectivity index (χ0n) is 15.1. The quantitative estimate of drug-likeness (QED) is 0.757. The third-order valence-corrected chi connectivity index (χ3v) is 5.02. The first-order valence-corrected chi connectivity index (χ1v) is 8.68. The number of H-pyrrole nitrogens is 1. The molecule has 2 aromatic rings. The standard InChI is InChI=1S/C19H20N4O4/c1-26-12-7-6-9(8-13(12)27-2)14-15-10(4-3-5-11(15)24)21-17-16(14)18(25)23-19(20)22-17/h6-8,14H,3-5H2,1-2H3,(H4,20,21,22,23,25). The van der Waals surface area contributed by atoms with E-state index in [0.717, 1.165) is 24.1 Å². The highest BCUT2D eigenvalue weighted by atomic mass is 16.5. The molecule has 0 saturated heterocycles. The van der Waals surface area contributed by atoms with Gasteiger partial charge in [0.15, 0.2) is 17.3 Å². The first kappa shape index (κ1) is 17.1. The Morgan fingerprint density at radius 3 is 2.67 bits per heavy atom. The molecule has 2 aliphatic rings. The molecule has 2 heterocycles. The summed E-state index contributed by atoms with van der Waals surface area (Å²) in [6.45, 7) is 0. The number of nitrogens with two attached hydrogens (primary N) is 1. The highest BCUT2D eigenvalue weighted by Gasteiger charge is 2.38. The van der Waals surface area contributed by atoms with E-state index in [2.05, 4.69) is 15.3 Å². The number of benzene rings is 1. The first-order valence-electron chi connectivity index (χ1n) is 8.68. The Morgan fingerprint density at radius 1 is 1.15 bits per heavy atom. The highest BCUT2D eigenvalue weighted by Crippen LogP contribution is 2.44. The van der Waals surface area contributed by atoms with Crippen LogP contribution in [0.2, 0.25) is 0 Å². The van der Waals surface area contributed by atoms with Gasteiger partial charge in [-0.15, -0.1) is 0 Å². The van der Waals surface area contributed by atoms with Gasteiger partial charge in [0.05, 0.1) is 19.8 Å². The molecule has 1 aliphatic heterocycles. The van der Waals surface area contributed by atoms with E-state index < -0.39 is 5.92 Å². The Labute approximate surface area is 155 Å². The fraction of sp³-hybridized carbons (Fsp3) is 0.316. The van der Waals surface area contributed by atoms with E-state index in [9.17, 15) is 9.59 Å². The molecule has 140 valence electrons. The van der Waals surface area contributed by atoms with Crippen molar-refractivity contribution in [3.05, 3.63) is 50.9 Å². The van der Waals surface area contributed by atoms with Gasteiger partial charge >= 0.3 is 0 Å². The average Bonchev–Trinajstić information content (AvgIpc) is 2.65. The van der Waals surface area contributed by atoms with Crippen LogP contribution < -0.4 is 26.1 Å². The van der Waals surface area contributed by atoms with Gasteiger partial charge in [0.1, 0.15) is 5.82 Å². The number of carbonyl (C=O) groups excluding carboxylic acids is 1. The Balaban J connectivity index is 1.98. The molecule has 0 radical (unpaired) electrons. The zero-order chi connectivity index (χ0) is 19.1. The largest absolute Gasteiger partial charge is 0.493 e. The van der Waals surface area contributed by atoms with Crippen LogP contribution in [0.5, 0.6) is 11.5 Å². The number of hydrogen-bond donors (Lipinski definition) is 3. The minimum absolute atomic E-state index is 0.0310. The van der Waals surface area contributed by atoms with Crippen molar-refractivity contribution in [2.24, 2.45) is 0 Å². The third kappa shape index (κ3) is 2.73. The molecule has 1 aromatic heterocycles. The molecule has 0 bridgehead atoms. The van der Waals surface area contributed by atoms with Crippen molar-refractivity contribution >= 4 is 17.5 Å². The van der Waals surface area contributed by atoms with Crippen molar-refractivity contribution in [2.45, 2.75) is 25.2 Å². The summed E-state index contributed by atoms with van der Waals surface area (Å²) in [6, 6.07) is 5.40. The summed E-state index contributed by atoms with van der Waals surface area (Å²) in [6.07, 6.45) is 1.94. The molecule has 0 fully saturated rings. The number of nitrogen functional groups attached to an aromatic ring is 1. The highest BCUT2D eigenvalue weighted by molar-refractivity contribution is 6.00. The second kappa shape index (κ2) is 6.46. The normalized spacial score (nSPS) is 18.4. The number of nitrogens with zero attached hydrogens (tertiary/aromatic N) is 1. The Hall–Kier alpha value is -3.29. The lowest BCUT2D eigenvalue weighted by Gasteiger charge is -2.32. The van der Waals surface area contributed by atoms with Crippen molar-refractivity contribution in [3.8, 4) is 11.5 Å². The van der Waals surface area contributed by atoms with Crippen LogP contribution in [0.15, 0.2) is 34.3 Å². The molecule has 1 aromatic carbocycles. The summed E-state index contributed by atoms with van der Waals surface area (Å²) in [5.41, 5.74) is 7.90. The number of ether oxygens (including phenoxy) is 2. The average molecular weight is 368 g/mol. The van der Waals surface area contributed by atoms with E-state index in [1.54, 1.807) is 26.4 Å². The number of ketones is 1. The Kier molecular flexibility index (Phi) is 4.10. The van der Waals surface area contributed by atoms with E-state index in [-0.39, 0.29) is 17.3 Å². The topological polar surface area (TPSA) is 119 Å². The van der Waals surface area contributed by atoms with Gasteiger partial charge in [0.25, 0.3) is 5.56 Å². The molecule has 27 heavy (non-hydrogen) atoms. The molecule has 1 aliphatic carbocycles. The maximum Gasteiger partial charge on any atom is 0.258 e. The predicted octanol–water partition coefficient (Wildman–Crippen LogP) is 1.93. The molecule has 0 spiro atoms. The number of anilines is 2. The van der Waals surface area contributed by atoms with Gasteiger partial charge in [-0.1, -0.05) is 6.07 Å². The number of fused-ring (bicyclic) bond motifs is 1. The van der Waals surface area contributed by atoms with Gasteiger partial charge in [0, 0.05) is 23.6 Å². The zero-order valence-corrected chi connectivity index (χ0v) is 15.1. The van der Waals surface area contributed by atoms with E-state index in [1.165, 1.54) is 0 Å². The number of hydrogen-bond acceptors (Lipinski definition) is 7. The van der Waals surface area contributed by atoms with Crippen LogP contribution in [0.3, 0.4) is 0 Å². The summed E-state index contributed by atoms with van der Waals surface area (Å²) in [4.78, 5) is 32.3. The van der Waals surface area contributed by atoms with Crippen molar-refractivity contribution in [1.82, 2.24) is 9.97 Å². The van der Waals surface area contributed by atoms with Crippen LogP contribution in [-0.4, -0.2) is 30.0 Å². The van der Waals surface area contributed by atoms with Crippen LogP contribution in [0.1, 0.15) is 36.3 Å². The Bertz CT molecular complexity index is 1020. The second-order valence-electron chi connectivity index (χ2n) is 6.55. The number of carbonyl (C=O) groups is 1. The Morgan fingerprint density at radius 2 is 1.93 bits per heavy atom. The number of allylic oxidation sites excluding steroid dienone is 2. The van der Waals surface area contributed by atoms with Gasteiger partial charge in [-0.25, -0.2) is 0 Å². The minimum Gasteiger partial charge on any atom is -0.493 e. The molecule has 4 N–H and O–H groups in total. The molecule has 8 heteroatoms. The minimum atomic E-state index is -0.541. The van der Waals surface area contributed by atoms with Crippen LogP contribution in [0, 0.1) is 0 Å². The van der Waals surface area contributed by atoms with Crippen LogP contribution in [-0.2, 0) is 4.79 Å². The monoisotopic (exact) mass is 368 g/mol. The fourth-order valence-electron chi connectivity index (χ4n) is 3.84. The second-order valence-corrected chi connectivity index (χ2v) is 6.55. The van der Waals surface area contributed by atoms with Crippen molar-refractivity contribution in [3.63, 3.8) is 0 Å². The van der Waals surface area contributed by atoms with Crippen LogP contribution in [0.25, 0.3) is 0 Å². The SMILES string of the molecule is COc1ccc(C2C3=C(CCCC3=O)Nc3nc(N)[nH]c(=O)c32)cc1OC. The molecular formula is C19H20N4O4.